The van der Waals surface area contributed by atoms with Crippen LogP contribution in [0.25, 0.3) is 0 Å². The molecule has 0 radical (unpaired) electrons. The summed E-state index contributed by atoms with van der Waals surface area (Å²) in [5.41, 5.74) is 2.09. The molecule has 1 aliphatic rings. The van der Waals surface area contributed by atoms with Gasteiger partial charge in [-0.15, -0.1) is 0 Å². The van der Waals surface area contributed by atoms with Crippen molar-refractivity contribution in [3.05, 3.63) is 42.2 Å². The van der Waals surface area contributed by atoms with Crippen LogP contribution >= 0.6 is 0 Å². The lowest BCUT2D eigenvalue weighted by atomic mass is 10.2. The Hall–Kier alpha value is -2.76. The second-order valence-electron chi connectivity index (χ2n) is 5.57. The van der Waals surface area contributed by atoms with Crippen LogP contribution in [0.1, 0.15) is 24.2 Å². The largest absolute Gasteiger partial charge is 0.486 e. The number of hydrogen-bond acceptors (Lipinski definition) is 5. The number of hydrogen-bond donors (Lipinski definition) is 2. The van der Waals surface area contributed by atoms with Crippen LogP contribution in [0.3, 0.4) is 0 Å². The van der Waals surface area contributed by atoms with Crippen molar-refractivity contribution in [3.63, 3.8) is 0 Å². The molecule has 0 fully saturated rings. The summed E-state index contributed by atoms with van der Waals surface area (Å²) in [4.78, 5) is 16.2. The molecule has 0 unspecified atom stereocenters. The summed E-state index contributed by atoms with van der Waals surface area (Å²) in [6.45, 7) is 4.95. The number of nitrogens with one attached hydrogen (secondary N) is 2. The van der Waals surface area contributed by atoms with Crippen LogP contribution in [-0.4, -0.2) is 30.1 Å². The predicted molar refractivity (Wildman–Crippen MR) is 87.6 cm³/mol. The Labute approximate surface area is 134 Å². The van der Waals surface area contributed by atoms with Crippen LogP contribution in [0.2, 0.25) is 0 Å². The molecule has 0 atom stereocenters. The molecule has 1 aliphatic heterocycles. The van der Waals surface area contributed by atoms with Gasteiger partial charge >= 0.3 is 0 Å². The zero-order chi connectivity index (χ0) is 16.2. The molecule has 0 spiro atoms. The second-order valence-corrected chi connectivity index (χ2v) is 5.57. The normalized spacial score (nSPS) is 12.8. The highest BCUT2D eigenvalue weighted by molar-refractivity contribution is 5.95. The first-order valence-corrected chi connectivity index (χ1v) is 7.54. The first kappa shape index (κ1) is 15.1. The lowest BCUT2D eigenvalue weighted by molar-refractivity contribution is 0.0943. The number of ether oxygens (including phenoxy) is 2. The molecule has 6 heteroatoms. The van der Waals surface area contributed by atoms with Crippen molar-refractivity contribution in [3.8, 4) is 11.5 Å². The predicted octanol–water partition coefficient (Wildman–Crippen LogP) is 2.73. The van der Waals surface area contributed by atoms with Crippen LogP contribution in [0.5, 0.6) is 11.5 Å². The zero-order valence-corrected chi connectivity index (χ0v) is 13.1. The van der Waals surface area contributed by atoms with Gasteiger partial charge in [-0.1, -0.05) is 0 Å². The molecule has 6 nitrogen and oxygen atoms in total. The van der Waals surface area contributed by atoms with E-state index in [1.165, 1.54) is 0 Å². The van der Waals surface area contributed by atoms with E-state index < -0.39 is 0 Å². The number of nitrogens with zero attached hydrogens (tertiary/aromatic N) is 1. The van der Waals surface area contributed by atoms with E-state index in [0.29, 0.717) is 24.5 Å². The van der Waals surface area contributed by atoms with Gasteiger partial charge < -0.3 is 20.1 Å². The van der Waals surface area contributed by atoms with Gasteiger partial charge in [0.1, 0.15) is 13.2 Å². The number of pyridine rings is 1. The van der Waals surface area contributed by atoms with E-state index in [0.717, 1.165) is 17.1 Å². The maximum Gasteiger partial charge on any atom is 0.253 e. The number of anilines is 2. The molecule has 0 bridgehead atoms. The topological polar surface area (TPSA) is 72.5 Å². The first-order valence-electron chi connectivity index (χ1n) is 7.54. The molecule has 23 heavy (non-hydrogen) atoms. The van der Waals surface area contributed by atoms with Gasteiger partial charge in [0.2, 0.25) is 0 Å². The minimum absolute atomic E-state index is 0.0805. The molecule has 2 N–H and O–H groups in total. The minimum Gasteiger partial charge on any atom is -0.486 e. The molecule has 0 aliphatic carbocycles. The highest BCUT2D eigenvalue weighted by Crippen LogP contribution is 2.33. The van der Waals surface area contributed by atoms with E-state index in [-0.39, 0.29) is 11.9 Å². The lowest BCUT2D eigenvalue weighted by Gasteiger charge is -2.19. The van der Waals surface area contributed by atoms with Crippen molar-refractivity contribution in [2.45, 2.75) is 19.9 Å². The number of aromatic nitrogens is 1. The van der Waals surface area contributed by atoms with Crippen molar-refractivity contribution in [2.24, 2.45) is 0 Å². The van der Waals surface area contributed by atoms with E-state index in [1.54, 1.807) is 18.5 Å². The number of carbonyl (C=O) groups excluding carboxylic acids is 1. The third-order valence-corrected chi connectivity index (χ3v) is 3.25. The Bertz CT molecular complexity index is 716. The molecule has 3 rings (SSSR count). The van der Waals surface area contributed by atoms with Gasteiger partial charge in [-0.05, 0) is 32.0 Å². The number of rotatable bonds is 4. The third kappa shape index (κ3) is 3.71. The molecule has 1 aromatic carbocycles. The number of fused-ring (bicyclic) bond motifs is 1. The Kier molecular flexibility index (Phi) is 4.32. The fourth-order valence-electron chi connectivity index (χ4n) is 2.27. The van der Waals surface area contributed by atoms with Crippen LogP contribution < -0.4 is 20.1 Å². The van der Waals surface area contributed by atoms with E-state index in [1.807, 2.05) is 32.0 Å². The maximum atomic E-state index is 12.0. The van der Waals surface area contributed by atoms with E-state index in [2.05, 4.69) is 15.6 Å². The van der Waals surface area contributed by atoms with Crippen molar-refractivity contribution < 1.29 is 14.3 Å². The van der Waals surface area contributed by atoms with Crippen molar-refractivity contribution >= 4 is 17.3 Å². The molecule has 1 aromatic heterocycles. The zero-order valence-electron chi connectivity index (χ0n) is 13.1. The smallest absolute Gasteiger partial charge is 0.253 e. The summed E-state index contributed by atoms with van der Waals surface area (Å²) in [6.07, 6.45) is 3.22. The van der Waals surface area contributed by atoms with Gasteiger partial charge in [0, 0.05) is 24.0 Å². The van der Waals surface area contributed by atoms with Gasteiger partial charge in [0.15, 0.2) is 11.5 Å². The Morgan fingerprint density at radius 3 is 2.65 bits per heavy atom. The minimum atomic E-state index is -0.140. The Morgan fingerprint density at radius 2 is 1.87 bits per heavy atom. The number of carbonyl (C=O) groups is 1. The highest BCUT2D eigenvalue weighted by Gasteiger charge is 2.12. The molecule has 0 saturated carbocycles. The molecule has 2 heterocycles. The molecule has 2 aromatic rings. The fraction of sp³-hybridized carbons (Fsp3) is 0.294. The standard InChI is InChI=1S/C17H19N3O3/c1-11(2)19-17(21)12-7-14(10-18-9-12)20-13-3-4-15-16(8-13)23-6-5-22-15/h3-4,7-11,20H,5-6H2,1-2H3,(H,19,21). The van der Waals surface area contributed by atoms with Crippen molar-refractivity contribution in [1.82, 2.24) is 10.3 Å². The maximum absolute atomic E-state index is 12.0. The van der Waals surface area contributed by atoms with Crippen LogP contribution in [0.4, 0.5) is 11.4 Å². The SMILES string of the molecule is CC(C)NC(=O)c1cncc(Nc2ccc3c(c2)OCCO3)c1. The van der Waals surface area contributed by atoms with Crippen molar-refractivity contribution in [1.29, 1.82) is 0 Å². The van der Waals surface area contributed by atoms with Gasteiger partial charge in [0.25, 0.3) is 5.91 Å². The summed E-state index contributed by atoms with van der Waals surface area (Å²) >= 11 is 0. The quantitative estimate of drug-likeness (QED) is 0.908. The molecular weight excluding hydrogens is 294 g/mol. The molecular formula is C17H19N3O3. The number of benzene rings is 1. The average Bonchev–Trinajstić information content (AvgIpc) is 2.54. The highest BCUT2D eigenvalue weighted by atomic mass is 16.6. The monoisotopic (exact) mass is 313 g/mol. The van der Waals surface area contributed by atoms with E-state index in [4.69, 9.17) is 9.47 Å². The first-order chi connectivity index (χ1) is 11.1. The van der Waals surface area contributed by atoms with E-state index in [9.17, 15) is 4.79 Å². The summed E-state index contributed by atoms with van der Waals surface area (Å²) in [5, 5.41) is 6.07. The van der Waals surface area contributed by atoms with Crippen LogP contribution in [-0.2, 0) is 0 Å². The Morgan fingerprint density at radius 1 is 1.09 bits per heavy atom. The van der Waals surface area contributed by atoms with E-state index >= 15 is 0 Å². The molecule has 120 valence electrons. The lowest BCUT2D eigenvalue weighted by Crippen LogP contribution is -2.30. The van der Waals surface area contributed by atoms with Gasteiger partial charge in [-0.3, -0.25) is 9.78 Å². The molecule has 0 saturated heterocycles. The third-order valence-electron chi connectivity index (χ3n) is 3.25. The molecule has 1 amide bonds. The van der Waals surface area contributed by atoms with Gasteiger partial charge in [0.05, 0.1) is 17.4 Å². The summed E-state index contributed by atoms with van der Waals surface area (Å²) in [5.74, 6) is 1.31. The van der Waals surface area contributed by atoms with Crippen molar-refractivity contribution in [2.75, 3.05) is 18.5 Å². The summed E-state index contributed by atoms with van der Waals surface area (Å²) in [6, 6.07) is 7.47. The average molecular weight is 313 g/mol. The fourth-order valence-corrected chi connectivity index (χ4v) is 2.27. The van der Waals surface area contributed by atoms with Gasteiger partial charge in [-0.2, -0.15) is 0 Å². The number of amides is 1. The van der Waals surface area contributed by atoms with Crippen LogP contribution in [0, 0.1) is 0 Å². The Balaban J connectivity index is 1.76. The van der Waals surface area contributed by atoms with Crippen LogP contribution in [0.15, 0.2) is 36.7 Å². The van der Waals surface area contributed by atoms with Gasteiger partial charge in [-0.25, -0.2) is 0 Å². The summed E-state index contributed by atoms with van der Waals surface area (Å²) in [7, 11) is 0. The summed E-state index contributed by atoms with van der Waals surface area (Å²) < 4.78 is 11.1. The second kappa shape index (κ2) is 6.56.